The van der Waals surface area contributed by atoms with Crippen molar-refractivity contribution >= 4 is 27.8 Å². The molecule has 0 radical (unpaired) electrons. The van der Waals surface area contributed by atoms with Crippen molar-refractivity contribution in [1.29, 1.82) is 0 Å². The molecule has 0 spiro atoms. The van der Waals surface area contributed by atoms with Crippen LogP contribution in [-0.2, 0) is 17.6 Å². The van der Waals surface area contributed by atoms with E-state index in [1.165, 1.54) is 16.5 Å². The molecule has 2 heterocycles. The first-order chi connectivity index (χ1) is 12.6. The molecule has 0 saturated carbocycles. The van der Waals surface area contributed by atoms with Gasteiger partial charge in [0.2, 0.25) is 5.91 Å². The summed E-state index contributed by atoms with van der Waals surface area (Å²) in [4.78, 5) is 15.6. The Morgan fingerprint density at radius 2 is 2.04 bits per heavy atom. The number of carbonyl (C=O) groups is 1. The number of H-pyrrole nitrogens is 1. The second-order valence-corrected chi connectivity index (χ2v) is 6.85. The first kappa shape index (κ1) is 16.5. The van der Waals surface area contributed by atoms with Crippen LogP contribution in [0.5, 0.6) is 0 Å². The Balaban J connectivity index is 1.39. The van der Waals surface area contributed by atoms with Crippen LogP contribution in [0, 0.1) is 13.8 Å². The maximum atomic E-state index is 12.3. The molecule has 0 bridgehead atoms. The van der Waals surface area contributed by atoms with Crippen LogP contribution in [0.2, 0.25) is 0 Å². The van der Waals surface area contributed by atoms with E-state index in [4.69, 9.17) is 4.42 Å². The molecule has 0 saturated heterocycles. The number of aryl methyl sites for hydroxylation is 2. The van der Waals surface area contributed by atoms with E-state index in [0.29, 0.717) is 13.0 Å². The zero-order chi connectivity index (χ0) is 18.1. The van der Waals surface area contributed by atoms with Crippen molar-refractivity contribution in [3.63, 3.8) is 0 Å². The number of rotatable bonds is 5. The highest BCUT2D eigenvalue weighted by Crippen LogP contribution is 2.23. The number of carbonyl (C=O) groups excluding carboxylic acids is 1. The number of fused-ring (bicyclic) bond motifs is 2. The Kier molecular flexibility index (Phi) is 4.25. The predicted octanol–water partition coefficient (Wildman–Crippen LogP) is 4.43. The van der Waals surface area contributed by atoms with E-state index in [-0.39, 0.29) is 5.91 Å². The summed E-state index contributed by atoms with van der Waals surface area (Å²) in [7, 11) is 0. The minimum atomic E-state index is 0.0184. The number of amides is 1. The molecule has 2 aromatic heterocycles. The summed E-state index contributed by atoms with van der Waals surface area (Å²) in [6.45, 7) is 4.76. The minimum absolute atomic E-state index is 0.0184. The smallest absolute Gasteiger partial charge is 0.224 e. The standard InChI is InChI=1S/C22H22N2O2/c1-14-6-7-18-17(13-26-20(18)10-14)11-21(25)23-9-8-16-12-24-19-5-3-4-15(2)22(16)19/h3-7,10,12-13,24H,8-9,11H2,1-2H3,(H,23,25). The number of nitrogens with one attached hydrogen (secondary N) is 2. The predicted molar refractivity (Wildman–Crippen MR) is 104 cm³/mol. The molecular formula is C22H22N2O2. The minimum Gasteiger partial charge on any atom is -0.464 e. The zero-order valence-corrected chi connectivity index (χ0v) is 15.1. The molecule has 0 fully saturated rings. The third-order valence-corrected chi connectivity index (χ3v) is 4.87. The molecule has 0 aliphatic rings. The van der Waals surface area contributed by atoms with Crippen LogP contribution in [0.1, 0.15) is 22.3 Å². The van der Waals surface area contributed by atoms with Crippen LogP contribution in [-0.4, -0.2) is 17.4 Å². The molecule has 4 aromatic rings. The molecule has 4 heteroatoms. The fourth-order valence-corrected chi connectivity index (χ4v) is 3.55. The van der Waals surface area contributed by atoms with Crippen LogP contribution in [0.3, 0.4) is 0 Å². The monoisotopic (exact) mass is 346 g/mol. The van der Waals surface area contributed by atoms with Crippen molar-refractivity contribution in [2.24, 2.45) is 0 Å². The summed E-state index contributed by atoms with van der Waals surface area (Å²) in [6, 6.07) is 12.3. The van der Waals surface area contributed by atoms with Gasteiger partial charge in [-0.05, 0) is 49.1 Å². The lowest BCUT2D eigenvalue weighted by Crippen LogP contribution is -2.27. The Bertz CT molecular complexity index is 1090. The highest BCUT2D eigenvalue weighted by molar-refractivity contribution is 5.88. The second-order valence-electron chi connectivity index (χ2n) is 6.85. The van der Waals surface area contributed by atoms with Gasteiger partial charge in [0, 0.05) is 34.6 Å². The molecule has 26 heavy (non-hydrogen) atoms. The number of aromatic amines is 1. The zero-order valence-electron chi connectivity index (χ0n) is 15.1. The third-order valence-electron chi connectivity index (χ3n) is 4.87. The number of aromatic nitrogens is 1. The number of hydrogen-bond acceptors (Lipinski definition) is 2. The average molecular weight is 346 g/mol. The summed E-state index contributed by atoms with van der Waals surface area (Å²) in [6.07, 6.45) is 4.87. The van der Waals surface area contributed by atoms with E-state index in [1.54, 1.807) is 6.26 Å². The van der Waals surface area contributed by atoms with Crippen molar-refractivity contribution < 1.29 is 9.21 Å². The largest absolute Gasteiger partial charge is 0.464 e. The molecule has 4 rings (SSSR count). The van der Waals surface area contributed by atoms with Gasteiger partial charge in [0.1, 0.15) is 5.58 Å². The fraction of sp³-hybridized carbons (Fsp3) is 0.227. The van der Waals surface area contributed by atoms with Gasteiger partial charge in [-0.1, -0.05) is 24.3 Å². The topological polar surface area (TPSA) is 58.0 Å². The average Bonchev–Trinajstić information content (AvgIpc) is 3.20. The van der Waals surface area contributed by atoms with Crippen LogP contribution >= 0.6 is 0 Å². The summed E-state index contributed by atoms with van der Waals surface area (Å²) < 4.78 is 5.57. The van der Waals surface area contributed by atoms with Gasteiger partial charge in [-0.2, -0.15) is 0 Å². The highest BCUT2D eigenvalue weighted by atomic mass is 16.3. The molecule has 2 N–H and O–H groups in total. The van der Waals surface area contributed by atoms with Gasteiger partial charge in [0.05, 0.1) is 12.7 Å². The van der Waals surface area contributed by atoms with Gasteiger partial charge in [0.15, 0.2) is 0 Å². The fourth-order valence-electron chi connectivity index (χ4n) is 3.55. The van der Waals surface area contributed by atoms with Crippen LogP contribution in [0.15, 0.2) is 53.3 Å². The summed E-state index contributed by atoms with van der Waals surface area (Å²) in [5.41, 5.74) is 6.55. The molecule has 1 amide bonds. The molecule has 2 aromatic carbocycles. The Hall–Kier alpha value is -3.01. The number of benzene rings is 2. The van der Waals surface area contributed by atoms with Crippen molar-refractivity contribution in [1.82, 2.24) is 10.3 Å². The van der Waals surface area contributed by atoms with Crippen LogP contribution in [0.25, 0.3) is 21.9 Å². The number of furan rings is 1. The lowest BCUT2D eigenvalue weighted by Gasteiger charge is -2.05. The SMILES string of the molecule is Cc1ccc2c(CC(=O)NCCc3c[nH]c4cccc(C)c34)coc2c1. The summed E-state index contributed by atoms with van der Waals surface area (Å²) in [5.74, 6) is 0.0184. The van der Waals surface area contributed by atoms with Crippen LogP contribution in [0.4, 0.5) is 0 Å². The van der Waals surface area contributed by atoms with Crippen molar-refractivity contribution in [3.05, 3.63) is 71.1 Å². The first-order valence-corrected chi connectivity index (χ1v) is 8.91. The van der Waals surface area contributed by atoms with Gasteiger partial charge in [-0.25, -0.2) is 0 Å². The van der Waals surface area contributed by atoms with E-state index in [1.807, 2.05) is 31.3 Å². The normalized spacial score (nSPS) is 11.3. The molecule has 0 unspecified atom stereocenters. The van der Waals surface area contributed by atoms with Crippen molar-refractivity contribution in [2.75, 3.05) is 6.54 Å². The Morgan fingerprint density at radius 1 is 1.15 bits per heavy atom. The Morgan fingerprint density at radius 3 is 2.92 bits per heavy atom. The van der Waals surface area contributed by atoms with E-state index >= 15 is 0 Å². The quantitative estimate of drug-likeness (QED) is 0.561. The maximum absolute atomic E-state index is 12.3. The molecular weight excluding hydrogens is 324 g/mol. The summed E-state index contributed by atoms with van der Waals surface area (Å²) >= 11 is 0. The van der Waals surface area contributed by atoms with Gasteiger partial charge in [0.25, 0.3) is 0 Å². The highest BCUT2D eigenvalue weighted by Gasteiger charge is 2.11. The molecule has 0 aliphatic heterocycles. The van der Waals surface area contributed by atoms with Crippen LogP contribution < -0.4 is 5.32 Å². The van der Waals surface area contributed by atoms with Crippen molar-refractivity contribution in [2.45, 2.75) is 26.7 Å². The van der Waals surface area contributed by atoms with Crippen molar-refractivity contribution in [3.8, 4) is 0 Å². The van der Waals surface area contributed by atoms with Gasteiger partial charge in [-0.3, -0.25) is 4.79 Å². The molecule has 4 nitrogen and oxygen atoms in total. The maximum Gasteiger partial charge on any atom is 0.224 e. The van der Waals surface area contributed by atoms with Gasteiger partial charge < -0.3 is 14.7 Å². The lowest BCUT2D eigenvalue weighted by atomic mass is 10.1. The lowest BCUT2D eigenvalue weighted by molar-refractivity contribution is -0.120. The van der Waals surface area contributed by atoms with E-state index in [0.717, 1.165) is 34.0 Å². The molecule has 0 atom stereocenters. The summed E-state index contributed by atoms with van der Waals surface area (Å²) in [5, 5.41) is 5.30. The van der Waals surface area contributed by atoms with E-state index < -0.39 is 0 Å². The number of hydrogen-bond donors (Lipinski definition) is 2. The van der Waals surface area contributed by atoms with E-state index in [2.05, 4.69) is 35.4 Å². The molecule has 0 aliphatic carbocycles. The van der Waals surface area contributed by atoms with Gasteiger partial charge in [-0.15, -0.1) is 0 Å². The molecule has 132 valence electrons. The first-order valence-electron chi connectivity index (χ1n) is 8.91. The Labute approximate surface area is 152 Å². The van der Waals surface area contributed by atoms with Gasteiger partial charge >= 0.3 is 0 Å². The third kappa shape index (κ3) is 3.10. The second kappa shape index (κ2) is 6.71. The van der Waals surface area contributed by atoms with E-state index in [9.17, 15) is 4.79 Å².